The van der Waals surface area contributed by atoms with Gasteiger partial charge in [-0.2, -0.15) is 5.10 Å². The van der Waals surface area contributed by atoms with Gasteiger partial charge in [-0.25, -0.2) is 10.2 Å². The lowest BCUT2D eigenvalue weighted by Crippen LogP contribution is -2.18. The number of carbonyl (C=O) groups excluding carboxylic acids is 2. The number of hydrazone groups is 1. The number of nitrogens with zero attached hydrogens (tertiary/aromatic N) is 1. The molecule has 0 aliphatic rings. The van der Waals surface area contributed by atoms with Crippen molar-refractivity contribution in [2.75, 3.05) is 21.3 Å². The largest absolute Gasteiger partial charge is 0.493 e. The van der Waals surface area contributed by atoms with Crippen LogP contribution in [0.1, 0.15) is 31.8 Å². The molecule has 0 atom stereocenters. The SMILES string of the molecule is COc1cc(C(=O)N/N=C/c2cc(Br)ccc2OC(=O)c2cccc(C)c2)cc(OC)c1OC. The zero-order valence-corrected chi connectivity index (χ0v) is 20.6. The lowest BCUT2D eigenvalue weighted by atomic mass is 10.1. The summed E-state index contributed by atoms with van der Waals surface area (Å²) in [4.78, 5) is 25.2. The van der Waals surface area contributed by atoms with E-state index in [2.05, 4.69) is 26.5 Å². The van der Waals surface area contributed by atoms with E-state index < -0.39 is 11.9 Å². The average molecular weight is 527 g/mol. The second kappa shape index (κ2) is 11.3. The summed E-state index contributed by atoms with van der Waals surface area (Å²) in [5, 5.41) is 4.02. The number of methoxy groups -OCH3 is 3. The molecular weight excluding hydrogens is 504 g/mol. The summed E-state index contributed by atoms with van der Waals surface area (Å²) in [6.45, 7) is 1.89. The zero-order valence-electron chi connectivity index (χ0n) is 19.0. The first kappa shape index (κ1) is 24.8. The van der Waals surface area contributed by atoms with E-state index in [0.29, 0.717) is 34.1 Å². The van der Waals surface area contributed by atoms with Crippen LogP contribution in [0.25, 0.3) is 0 Å². The molecule has 0 saturated carbocycles. The van der Waals surface area contributed by atoms with Gasteiger partial charge in [0.1, 0.15) is 5.75 Å². The summed E-state index contributed by atoms with van der Waals surface area (Å²) in [6.07, 6.45) is 1.39. The molecule has 0 fully saturated rings. The topological polar surface area (TPSA) is 95.5 Å². The highest BCUT2D eigenvalue weighted by atomic mass is 79.9. The summed E-state index contributed by atoms with van der Waals surface area (Å²) in [6, 6.07) is 15.2. The lowest BCUT2D eigenvalue weighted by Gasteiger charge is -2.13. The smallest absolute Gasteiger partial charge is 0.343 e. The first-order chi connectivity index (χ1) is 16.4. The van der Waals surface area contributed by atoms with Crippen molar-refractivity contribution >= 4 is 34.0 Å². The van der Waals surface area contributed by atoms with Gasteiger partial charge in [0.2, 0.25) is 5.75 Å². The maximum absolute atomic E-state index is 12.6. The Morgan fingerprint density at radius 1 is 0.882 bits per heavy atom. The van der Waals surface area contributed by atoms with Crippen molar-refractivity contribution in [2.45, 2.75) is 6.92 Å². The molecule has 176 valence electrons. The van der Waals surface area contributed by atoms with E-state index in [9.17, 15) is 9.59 Å². The number of hydrogen-bond acceptors (Lipinski definition) is 7. The zero-order chi connectivity index (χ0) is 24.7. The number of ether oxygens (including phenoxy) is 4. The van der Waals surface area contributed by atoms with Crippen LogP contribution in [-0.2, 0) is 0 Å². The maximum atomic E-state index is 12.6. The van der Waals surface area contributed by atoms with Gasteiger partial charge in [-0.15, -0.1) is 0 Å². The number of nitrogens with one attached hydrogen (secondary N) is 1. The monoisotopic (exact) mass is 526 g/mol. The van der Waals surface area contributed by atoms with Crippen molar-refractivity contribution in [1.29, 1.82) is 0 Å². The molecule has 3 aromatic rings. The molecule has 0 radical (unpaired) electrons. The van der Waals surface area contributed by atoms with Gasteiger partial charge in [-0.3, -0.25) is 4.79 Å². The van der Waals surface area contributed by atoms with Crippen molar-refractivity contribution in [3.63, 3.8) is 0 Å². The van der Waals surface area contributed by atoms with Crippen LogP contribution >= 0.6 is 15.9 Å². The third-order valence-electron chi connectivity index (χ3n) is 4.72. The molecule has 3 rings (SSSR count). The number of benzene rings is 3. The molecule has 0 aliphatic heterocycles. The molecule has 0 saturated heterocycles. The molecule has 0 unspecified atom stereocenters. The quantitative estimate of drug-likeness (QED) is 0.196. The summed E-state index contributed by atoms with van der Waals surface area (Å²) in [5.74, 6) is 0.354. The molecule has 1 amide bonds. The van der Waals surface area contributed by atoms with Crippen LogP contribution < -0.4 is 24.4 Å². The molecule has 3 aromatic carbocycles. The van der Waals surface area contributed by atoms with E-state index in [1.54, 1.807) is 36.4 Å². The minimum Gasteiger partial charge on any atom is -0.493 e. The van der Waals surface area contributed by atoms with E-state index in [4.69, 9.17) is 18.9 Å². The molecule has 0 aromatic heterocycles. The fourth-order valence-electron chi connectivity index (χ4n) is 3.08. The standard InChI is InChI=1S/C25H23BrN2O6/c1-15-6-5-7-16(10-15)25(30)34-20-9-8-19(26)11-18(20)14-27-28-24(29)17-12-21(31-2)23(33-4)22(13-17)32-3/h5-14H,1-4H3,(H,28,29)/b27-14+. The van der Waals surface area contributed by atoms with Crippen molar-refractivity contribution in [1.82, 2.24) is 5.43 Å². The molecule has 0 spiro atoms. The van der Waals surface area contributed by atoms with E-state index >= 15 is 0 Å². The number of hydrogen-bond donors (Lipinski definition) is 1. The van der Waals surface area contributed by atoms with Gasteiger partial charge < -0.3 is 18.9 Å². The molecule has 0 heterocycles. The van der Waals surface area contributed by atoms with E-state index in [-0.39, 0.29) is 5.56 Å². The minimum atomic E-state index is -0.498. The number of rotatable bonds is 8. The normalized spacial score (nSPS) is 10.6. The van der Waals surface area contributed by atoms with Crippen LogP contribution in [0.5, 0.6) is 23.0 Å². The van der Waals surface area contributed by atoms with Crippen molar-refractivity contribution < 1.29 is 28.5 Å². The van der Waals surface area contributed by atoms with E-state index in [1.165, 1.54) is 39.7 Å². The number of halogens is 1. The van der Waals surface area contributed by atoms with Crippen molar-refractivity contribution in [2.24, 2.45) is 5.10 Å². The van der Waals surface area contributed by atoms with Crippen LogP contribution in [0.4, 0.5) is 0 Å². The van der Waals surface area contributed by atoms with Crippen LogP contribution in [0.15, 0.2) is 64.2 Å². The minimum absolute atomic E-state index is 0.256. The third-order valence-corrected chi connectivity index (χ3v) is 5.22. The van der Waals surface area contributed by atoms with Crippen molar-refractivity contribution in [3.05, 3.63) is 81.3 Å². The predicted octanol–water partition coefficient (Wildman–Crippen LogP) is 4.77. The summed E-state index contributed by atoms with van der Waals surface area (Å²) >= 11 is 3.39. The molecule has 0 aliphatic carbocycles. The Morgan fingerprint density at radius 2 is 1.59 bits per heavy atom. The number of aryl methyl sites for hydroxylation is 1. The highest BCUT2D eigenvalue weighted by Gasteiger charge is 2.17. The lowest BCUT2D eigenvalue weighted by molar-refractivity contribution is 0.0734. The summed E-state index contributed by atoms with van der Waals surface area (Å²) in [5.41, 5.74) is 4.57. The Morgan fingerprint density at radius 3 is 2.21 bits per heavy atom. The Hall–Kier alpha value is -3.85. The van der Waals surface area contributed by atoms with Gasteiger partial charge in [-0.05, 0) is 49.4 Å². The first-order valence-corrected chi connectivity index (χ1v) is 10.9. The predicted molar refractivity (Wildman–Crippen MR) is 131 cm³/mol. The van der Waals surface area contributed by atoms with Gasteiger partial charge in [0.05, 0.1) is 33.1 Å². The first-order valence-electron chi connectivity index (χ1n) is 10.1. The van der Waals surface area contributed by atoms with Crippen LogP contribution in [0.3, 0.4) is 0 Å². The van der Waals surface area contributed by atoms with Crippen LogP contribution in [0, 0.1) is 6.92 Å². The van der Waals surface area contributed by atoms with Gasteiger partial charge >= 0.3 is 5.97 Å². The molecule has 1 N–H and O–H groups in total. The Bertz CT molecular complexity index is 1220. The van der Waals surface area contributed by atoms with Gasteiger partial charge in [0.25, 0.3) is 5.91 Å². The van der Waals surface area contributed by atoms with Crippen LogP contribution in [-0.4, -0.2) is 39.4 Å². The highest BCUT2D eigenvalue weighted by Crippen LogP contribution is 2.38. The second-order valence-electron chi connectivity index (χ2n) is 7.05. The molecule has 0 bridgehead atoms. The summed E-state index contributed by atoms with van der Waals surface area (Å²) < 4.78 is 22.1. The number of amides is 1. The molecular formula is C25H23BrN2O6. The van der Waals surface area contributed by atoms with Gasteiger partial charge in [0.15, 0.2) is 11.5 Å². The fraction of sp³-hybridized carbons (Fsp3) is 0.160. The Balaban J connectivity index is 1.79. The van der Waals surface area contributed by atoms with Crippen molar-refractivity contribution in [3.8, 4) is 23.0 Å². The summed E-state index contributed by atoms with van der Waals surface area (Å²) in [7, 11) is 4.40. The Kier molecular flexibility index (Phi) is 8.26. The Labute approximate surface area is 205 Å². The molecule has 8 nitrogen and oxygen atoms in total. The number of carbonyl (C=O) groups is 2. The number of esters is 1. The van der Waals surface area contributed by atoms with Crippen LogP contribution in [0.2, 0.25) is 0 Å². The average Bonchev–Trinajstić information content (AvgIpc) is 2.84. The third kappa shape index (κ3) is 5.93. The molecule has 9 heteroatoms. The second-order valence-corrected chi connectivity index (χ2v) is 7.97. The van der Waals surface area contributed by atoms with Gasteiger partial charge in [-0.1, -0.05) is 33.6 Å². The van der Waals surface area contributed by atoms with E-state index in [0.717, 1.165) is 10.0 Å². The van der Waals surface area contributed by atoms with E-state index in [1.807, 2.05) is 13.0 Å². The van der Waals surface area contributed by atoms with Gasteiger partial charge in [0, 0.05) is 15.6 Å². The maximum Gasteiger partial charge on any atom is 0.343 e. The highest BCUT2D eigenvalue weighted by molar-refractivity contribution is 9.10. The fourth-order valence-corrected chi connectivity index (χ4v) is 3.46. The molecule has 34 heavy (non-hydrogen) atoms.